The zero-order valence-electron chi connectivity index (χ0n) is 9.86. The van der Waals surface area contributed by atoms with E-state index < -0.39 is 0 Å². The molecule has 0 aliphatic carbocycles. The molecule has 0 saturated carbocycles. The molecule has 1 rings (SSSR count). The molecule has 0 spiro atoms. The Bertz CT molecular complexity index is 307. The molecule has 0 radical (unpaired) electrons. The van der Waals surface area contributed by atoms with Gasteiger partial charge in [-0.1, -0.05) is 18.9 Å². The Morgan fingerprint density at radius 1 is 1.53 bits per heavy atom. The molecule has 1 aromatic rings. The highest BCUT2D eigenvalue weighted by Gasteiger charge is 2.25. The van der Waals surface area contributed by atoms with Crippen molar-refractivity contribution in [1.82, 2.24) is 20.2 Å². The summed E-state index contributed by atoms with van der Waals surface area (Å²) in [5, 5.41) is 14.5. The van der Waals surface area contributed by atoms with Crippen LogP contribution in [0, 0.1) is 5.92 Å². The van der Waals surface area contributed by atoms with Gasteiger partial charge in [0.15, 0.2) is 0 Å². The van der Waals surface area contributed by atoms with Gasteiger partial charge in [-0.2, -0.15) is 0 Å². The van der Waals surface area contributed by atoms with E-state index in [1.807, 2.05) is 0 Å². The highest BCUT2D eigenvalue weighted by atomic mass is 15.6. The molecule has 0 aliphatic rings. The molecule has 0 bridgehead atoms. The van der Waals surface area contributed by atoms with Gasteiger partial charge in [0.05, 0.1) is 0 Å². The van der Waals surface area contributed by atoms with Gasteiger partial charge in [-0.25, -0.2) is 4.68 Å². The van der Waals surface area contributed by atoms with E-state index in [0.717, 1.165) is 6.42 Å². The van der Waals surface area contributed by atoms with E-state index in [1.165, 1.54) is 0 Å². The minimum Gasteiger partial charge on any atom is -0.347 e. The third kappa shape index (κ3) is 3.16. The maximum Gasteiger partial charge on any atom is 0.243 e. The Hall–Kier alpha value is -1.17. The minimum absolute atomic E-state index is 0.156. The standard InChI is InChI=1S/C9H20N6/c1-7(2)5-9(3,6-10)11-8-12-13-14-15(8)4/h7H,5-6,10H2,1-4H3,(H,11,12,14). The van der Waals surface area contributed by atoms with Crippen molar-refractivity contribution in [3.8, 4) is 0 Å². The first kappa shape index (κ1) is 11.9. The van der Waals surface area contributed by atoms with Crippen LogP contribution in [0.15, 0.2) is 0 Å². The summed E-state index contributed by atoms with van der Waals surface area (Å²) >= 11 is 0. The summed E-state index contributed by atoms with van der Waals surface area (Å²) in [6.45, 7) is 6.98. The van der Waals surface area contributed by atoms with Gasteiger partial charge in [0.2, 0.25) is 5.95 Å². The molecule has 0 aromatic carbocycles. The fourth-order valence-corrected chi connectivity index (χ4v) is 1.69. The molecule has 15 heavy (non-hydrogen) atoms. The van der Waals surface area contributed by atoms with Crippen LogP contribution in [-0.4, -0.2) is 32.3 Å². The van der Waals surface area contributed by atoms with Crippen molar-refractivity contribution in [3.63, 3.8) is 0 Å². The number of rotatable bonds is 5. The van der Waals surface area contributed by atoms with Gasteiger partial charge in [-0.3, -0.25) is 0 Å². The molecule has 1 aromatic heterocycles. The Balaban J connectivity index is 2.72. The van der Waals surface area contributed by atoms with Crippen LogP contribution in [0.2, 0.25) is 0 Å². The fourth-order valence-electron chi connectivity index (χ4n) is 1.69. The first-order valence-electron chi connectivity index (χ1n) is 5.17. The molecular weight excluding hydrogens is 192 g/mol. The third-order valence-corrected chi connectivity index (χ3v) is 2.34. The number of aromatic nitrogens is 4. The number of nitrogens with two attached hydrogens (primary N) is 1. The van der Waals surface area contributed by atoms with Gasteiger partial charge in [0, 0.05) is 19.1 Å². The summed E-state index contributed by atoms with van der Waals surface area (Å²) in [5.41, 5.74) is 5.63. The van der Waals surface area contributed by atoms with Crippen LogP contribution in [0.1, 0.15) is 27.2 Å². The summed E-state index contributed by atoms with van der Waals surface area (Å²) in [6.07, 6.45) is 0.982. The molecule has 6 heteroatoms. The molecule has 0 fully saturated rings. The van der Waals surface area contributed by atoms with Gasteiger partial charge >= 0.3 is 0 Å². The van der Waals surface area contributed by atoms with Crippen LogP contribution >= 0.6 is 0 Å². The average Bonchev–Trinajstić information content (AvgIpc) is 2.50. The van der Waals surface area contributed by atoms with Crippen LogP contribution in [0.25, 0.3) is 0 Å². The van der Waals surface area contributed by atoms with E-state index >= 15 is 0 Å². The van der Waals surface area contributed by atoms with E-state index in [1.54, 1.807) is 11.7 Å². The second kappa shape index (κ2) is 4.57. The van der Waals surface area contributed by atoms with Crippen LogP contribution in [0.3, 0.4) is 0 Å². The number of aryl methyl sites for hydroxylation is 1. The highest BCUT2D eigenvalue weighted by molar-refractivity contribution is 5.27. The van der Waals surface area contributed by atoms with Crippen LogP contribution in [0.4, 0.5) is 5.95 Å². The summed E-state index contributed by atoms with van der Waals surface area (Å²) in [6, 6.07) is 0. The SMILES string of the molecule is CC(C)CC(C)(CN)Nc1nnnn1C. The quantitative estimate of drug-likeness (QED) is 0.737. The number of nitrogens with zero attached hydrogens (tertiary/aromatic N) is 4. The normalized spacial score (nSPS) is 15.3. The van der Waals surface area contributed by atoms with E-state index in [2.05, 4.69) is 41.6 Å². The van der Waals surface area contributed by atoms with Crippen LogP contribution < -0.4 is 11.1 Å². The van der Waals surface area contributed by atoms with Crippen molar-refractivity contribution < 1.29 is 0 Å². The first-order valence-corrected chi connectivity index (χ1v) is 5.17. The molecule has 0 aliphatic heterocycles. The molecule has 1 atom stereocenters. The summed E-state index contributed by atoms with van der Waals surface area (Å²) in [5.74, 6) is 1.23. The monoisotopic (exact) mass is 212 g/mol. The predicted octanol–water partition coefficient (Wildman–Crippen LogP) is 0.385. The van der Waals surface area contributed by atoms with E-state index in [4.69, 9.17) is 5.73 Å². The maximum absolute atomic E-state index is 5.78. The molecule has 3 N–H and O–H groups in total. The number of hydrogen-bond acceptors (Lipinski definition) is 5. The Morgan fingerprint density at radius 3 is 2.60 bits per heavy atom. The van der Waals surface area contributed by atoms with Gasteiger partial charge in [0.25, 0.3) is 0 Å². The lowest BCUT2D eigenvalue weighted by Crippen LogP contribution is -2.44. The Kier molecular flexibility index (Phi) is 3.62. The lowest BCUT2D eigenvalue weighted by molar-refractivity contribution is 0.403. The smallest absolute Gasteiger partial charge is 0.243 e. The first-order chi connectivity index (χ1) is 6.97. The molecule has 1 unspecified atom stereocenters. The van der Waals surface area contributed by atoms with Crippen molar-refractivity contribution in [2.75, 3.05) is 11.9 Å². The molecular formula is C9H20N6. The van der Waals surface area contributed by atoms with Gasteiger partial charge in [0.1, 0.15) is 0 Å². The molecule has 0 saturated heterocycles. The highest BCUT2D eigenvalue weighted by Crippen LogP contribution is 2.19. The Labute approximate surface area is 90.2 Å². The number of hydrogen-bond donors (Lipinski definition) is 2. The molecule has 6 nitrogen and oxygen atoms in total. The number of anilines is 1. The largest absolute Gasteiger partial charge is 0.347 e. The number of tetrazole rings is 1. The van der Waals surface area contributed by atoms with Crippen LogP contribution in [-0.2, 0) is 7.05 Å². The average molecular weight is 212 g/mol. The molecule has 86 valence electrons. The topological polar surface area (TPSA) is 81.7 Å². The van der Waals surface area contributed by atoms with Crippen molar-refractivity contribution >= 4 is 5.95 Å². The lowest BCUT2D eigenvalue weighted by Gasteiger charge is -2.31. The van der Waals surface area contributed by atoms with Gasteiger partial charge in [-0.15, -0.1) is 0 Å². The second-order valence-corrected chi connectivity index (χ2v) is 4.61. The van der Waals surface area contributed by atoms with Gasteiger partial charge < -0.3 is 11.1 Å². The second-order valence-electron chi connectivity index (χ2n) is 4.61. The summed E-state index contributed by atoms with van der Waals surface area (Å²) in [7, 11) is 1.80. The molecule has 0 amide bonds. The van der Waals surface area contributed by atoms with E-state index in [-0.39, 0.29) is 5.54 Å². The summed E-state index contributed by atoms with van der Waals surface area (Å²) in [4.78, 5) is 0. The van der Waals surface area contributed by atoms with Crippen molar-refractivity contribution in [1.29, 1.82) is 0 Å². The molecule has 1 heterocycles. The van der Waals surface area contributed by atoms with Crippen molar-refractivity contribution in [3.05, 3.63) is 0 Å². The van der Waals surface area contributed by atoms with E-state index in [0.29, 0.717) is 18.4 Å². The summed E-state index contributed by atoms with van der Waals surface area (Å²) < 4.78 is 1.61. The Morgan fingerprint density at radius 2 is 2.20 bits per heavy atom. The zero-order chi connectivity index (χ0) is 11.5. The van der Waals surface area contributed by atoms with E-state index in [9.17, 15) is 0 Å². The van der Waals surface area contributed by atoms with Crippen molar-refractivity contribution in [2.24, 2.45) is 18.7 Å². The van der Waals surface area contributed by atoms with Crippen LogP contribution in [0.5, 0.6) is 0 Å². The van der Waals surface area contributed by atoms with Crippen molar-refractivity contribution in [2.45, 2.75) is 32.7 Å². The third-order valence-electron chi connectivity index (χ3n) is 2.34. The fraction of sp³-hybridized carbons (Fsp3) is 0.889. The zero-order valence-corrected chi connectivity index (χ0v) is 9.86. The predicted molar refractivity (Wildman–Crippen MR) is 59.3 cm³/mol. The lowest BCUT2D eigenvalue weighted by atomic mass is 9.91. The minimum atomic E-state index is -0.156. The van der Waals surface area contributed by atoms with Gasteiger partial charge in [-0.05, 0) is 29.7 Å². The number of nitrogens with one attached hydrogen (secondary N) is 1. The maximum atomic E-state index is 5.78.